The fraction of sp³-hybridized carbons (Fsp3) is 0.316. The summed E-state index contributed by atoms with van der Waals surface area (Å²) in [6.45, 7) is 0. The summed E-state index contributed by atoms with van der Waals surface area (Å²) in [6, 6.07) is 9.85. The molecular weight excluding hydrogens is 352 g/mol. The molecule has 2 aromatic heterocycles. The van der Waals surface area contributed by atoms with Gasteiger partial charge in [-0.2, -0.15) is 0 Å². The molecule has 1 aliphatic carbocycles. The summed E-state index contributed by atoms with van der Waals surface area (Å²) in [5.74, 6) is 0.0584. The number of anilines is 1. The molecular formula is C19H19ClN4O2. The van der Waals surface area contributed by atoms with Crippen LogP contribution < -0.4 is 10.6 Å². The highest BCUT2D eigenvalue weighted by atomic mass is 35.5. The Balaban J connectivity index is 1.36. The van der Waals surface area contributed by atoms with Gasteiger partial charge in [0.05, 0.1) is 11.7 Å². The van der Waals surface area contributed by atoms with Gasteiger partial charge >= 0.3 is 0 Å². The Morgan fingerprint density at radius 3 is 2.65 bits per heavy atom. The van der Waals surface area contributed by atoms with E-state index < -0.39 is 0 Å². The fourth-order valence-electron chi connectivity index (χ4n) is 3.44. The number of hydrogen-bond donors (Lipinski definition) is 2. The minimum atomic E-state index is -0.198. The molecule has 0 saturated heterocycles. The normalized spacial score (nSPS) is 20.0. The number of aromatic nitrogens is 2. The smallest absolute Gasteiger partial charge is 0.290 e. The zero-order chi connectivity index (χ0) is 17.9. The van der Waals surface area contributed by atoms with Crippen molar-refractivity contribution >= 4 is 34.1 Å². The third kappa shape index (κ3) is 3.65. The van der Waals surface area contributed by atoms with E-state index in [2.05, 4.69) is 20.8 Å². The Labute approximate surface area is 155 Å². The van der Waals surface area contributed by atoms with Crippen molar-refractivity contribution in [3.8, 4) is 0 Å². The number of carbonyl (C=O) groups is 1. The molecule has 0 atom stereocenters. The number of benzene rings is 1. The second-order valence-corrected chi connectivity index (χ2v) is 7.00. The highest BCUT2D eigenvalue weighted by Gasteiger charge is 2.24. The SMILES string of the molecule is O=C(NC1CCC(Nc2ccnc3cc(Cl)ccc23)CC1)c1ccno1. The molecule has 7 heteroatoms. The quantitative estimate of drug-likeness (QED) is 0.724. The van der Waals surface area contributed by atoms with Gasteiger partial charge in [0.1, 0.15) is 0 Å². The molecule has 0 unspecified atom stereocenters. The van der Waals surface area contributed by atoms with Crippen molar-refractivity contribution in [1.29, 1.82) is 0 Å². The second kappa shape index (κ2) is 7.33. The Bertz CT molecular complexity index is 905. The van der Waals surface area contributed by atoms with Crippen LogP contribution >= 0.6 is 11.6 Å². The Hall–Kier alpha value is -2.60. The molecule has 26 heavy (non-hydrogen) atoms. The largest absolute Gasteiger partial charge is 0.382 e. The van der Waals surface area contributed by atoms with Crippen LogP contribution in [0, 0.1) is 0 Å². The van der Waals surface area contributed by atoms with E-state index in [0.717, 1.165) is 42.3 Å². The summed E-state index contributed by atoms with van der Waals surface area (Å²) < 4.78 is 4.90. The zero-order valence-electron chi connectivity index (χ0n) is 14.1. The number of rotatable bonds is 4. The molecule has 1 amide bonds. The molecule has 1 fully saturated rings. The predicted molar refractivity (Wildman–Crippen MR) is 100 cm³/mol. The molecule has 0 aliphatic heterocycles. The van der Waals surface area contributed by atoms with E-state index in [1.54, 1.807) is 12.3 Å². The molecule has 1 aliphatic rings. The zero-order valence-corrected chi connectivity index (χ0v) is 14.9. The topological polar surface area (TPSA) is 80.0 Å². The average Bonchev–Trinajstić information content (AvgIpc) is 3.18. The highest BCUT2D eigenvalue weighted by molar-refractivity contribution is 6.31. The molecule has 4 rings (SSSR count). The maximum atomic E-state index is 12.0. The summed E-state index contributed by atoms with van der Waals surface area (Å²) in [6.07, 6.45) is 7.09. The monoisotopic (exact) mass is 370 g/mol. The van der Waals surface area contributed by atoms with Crippen molar-refractivity contribution in [2.45, 2.75) is 37.8 Å². The van der Waals surface area contributed by atoms with E-state index in [1.807, 2.05) is 24.3 Å². The van der Waals surface area contributed by atoms with Gasteiger partial charge < -0.3 is 15.2 Å². The minimum absolute atomic E-state index is 0.165. The lowest BCUT2D eigenvalue weighted by Crippen LogP contribution is -2.40. The first-order chi connectivity index (χ1) is 12.7. The number of halogens is 1. The maximum Gasteiger partial charge on any atom is 0.290 e. The van der Waals surface area contributed by atoms with Crippen LogP contribution in [0.1, 0.15) is 36.2 Å². The maximum absolute atomic E-state index is 12.0. The van der Waals surface area contributed by atoms with Gasteiger partial charge in [0.15, 0.2) is 0 Å². The van der Waals surface area contributed by atoms with Gasteiger partial charge in [-0.3, -0.25) is 9.78 Å². The molecule has 3 aromatic rings. The van der Waals surface area contributed by atoms with Crippen LogP contribution in [0.15, 0.2) is 47.2 Å². The number of nitrogens with zero attached hydrogens (tertiary/aromatic N) is 2. The first-order valence-electron chi connectivity index (χ1n) is 8.71. The molecule has 0 spiro atoms. The van der Waals surface area contributed by atoms with Crippen molar-refractivity contribution in [3.63, 3.8) is 0 Å². The summed E-state index contributed by atoms with van der Waals surface area (Å²) in [5.41, 5.74) is 1.95. The first kappa shape index (κ1) is 16.8. The summed E-state index contributed by atoms with van der Waals surface area (Å²) in [7, 11) is 0. The van der Waals surface area contributed by atoms with E-state index in [0.29, 0.717) is 11.1 Å². The number of amides is 1. The molecule has 1 aromatic carbocycles. The number of fused-ring (bicyclic) bond motifs is 1. The van der Waals surface area contributed by atoms with Gasteiger partial charge in [-0.1, -0.05) is 16.8 Å². The number of hydrogen-bond acceptors (Lipinski definition) is 5. The average molecular weight is 371 g/mol. The fourth-order valence-corrected chi connectivity index (χ4v) is 3.60. The molecule has 0 bridgehead atoms. The van der Waals surface area contributed by atoms with Crippen LogP contribution in [-0.4, -0.2) is 28.1 Å². The molecule has 2 N–H and O–H groups in total. The van der Waals surface area contributed by atoms with Crippen LogP contribution in [0.2, 0.25) is 5.02 Å². The third-order valence-electron chi connectivity index (χ3n) is 4.79. The third-order valence-corrected chi connectivity index (χ3v) is 5.02. The summed E-state index contributed by atoms with van der Waals surface area (Å²) in [5, 5.41) is 12.0. The van der Waals surface area contributed by atoms with Crippen LogP contribution in [0.25, 0.3) is 10.9 Å². The first-order valence-corrected chi connectivity index (χ1v) is 9.09. The Kier molecular flexibility index (Phi) is 4.75. The molecule has 1 saturated carbocycles. The Morgan fingerprint density at radius 2 is 1.88 bits per heavy atom. The van der Waals surface area contributed by atoms with E-state index in [9.17, 15) is 4.79 Å². The lowest BCUT2D eigenvalue weighted by Gasteiger charge is -2.30. The van der Waals surface area contributed by atoms with E-state index >= 15 is 0 Å². The van der Waals surface area contributed by atoms with Gasteiger partial charge in [0, 0.05) is 40.4 Å². The van der Waals surface area contributed by atoms with Gasteiger partial charge in [-0.05, 0) is 49.9 Å². The van der Waals surface area contributed by atoms with Gasteiger partial charge in [-0.25, -0.2) is 0 Å². The highest BCUT2D eigenvalue weighted by Crippen LogP contribution is 2.28. The summed E-state index contributed by atoms with van der Waals surface area (Å²) >= 11 is 6.05. The molecule has 134 valence electrons. The standard InChI is InChI=1S/C19H19ClN4O2/c20-12-1-6-15-16(7-9-21-17(15)11-12)23-13-2-4-14(5-3-13)24-19(25)18-8-10-22-26-18/h1,6-11,13-14H,2-5H2,(H,21,23)(H,24,25). The van der Waals surface area contributed by atoms with Crippen molar-refractivity contribution in [1.82, 2.24) is 15.5 Å². The molecule has 2 heterocycles. The minimum Gasteiger partial charge on any atom is -0.382 e. The summed E-state index contributed by atoms with van der Waals surface area (Å²) in [4.78, 5) is 16.4. The van der Waals surface area contributed by atoms with Gasteiger partial charge in [0.2, 0.25) is 5.76 Å². The lowest BCUT2D eigenvalue weighted by molar-refractivity contribution is 0.0889. The van der Waals surface area contributed by atoms with Gasteiger partial charge in [0.25, 0.3) is 5.91 Å². The molecule has 6 nitrogen and oxygen atoms in total. The van der Waals surface area contributed by atoms with E-state index in [1.165, 1.54) is 6.20 Å². The molecule has 0 radical (unpaired) electrons. The van der Waals surface area contributed by atoms with E-state index in [-0.39, 0.29) is 17.7 Å². The second-order valence-electron chi connectivity index (χ2n) is 6.56. The number of nitrogens with one attached hydrogen (secondary N) is 2. The van der Waals surface area contributed by atoms with Crippen LogP contribution in [0.4, 0.5) is 5.69 Å². The van der Waals surface area contributed by atoms with Crippen LogP contribution in [0.5, 0.6) is 0 Å². The van der Waals surface area contributed by atoms with E-state index in [4.69, 9.17) is 16.1 Å². The van der Waals surface area contributed by atoms with Crippen LogP contribution in [0.3, 0.4) is 0 Å². The lowest BCUT2D eigenvalue weighted by atomic mass is 9.90. The van der Waals surface area contributed by atoms with Crippen molar-refractivity contribution < 1.29 is 9.32 Å². The van der Waals surface area contributed by atoms with Crippen molar-refractivity contribution in [2.75, 3.05) is 5.32 Å². The number of pyridine rings is 1. The number of carbonyl (C=O) groups excluding carboxylic acids is 1. The van der Waals surface area contributed by atoms with Crippen molar-refractivity contribution in [3.05, 3.63) is 53.5 Å². The predicted octanol–water partition coefficient (Wildman–Crippen LogP) is 4.03. The Morgan fingerprint density at radius 1 is 1.08 bits per heavy atom. The van der Waals surface area contributed by atoms with Crippen molar-refractivity contribution in [2.24, 2.45) is 0 Å². The van der Waals surface area contributed by atoms with Crippen LogP contribution in [-0.2, 0) is 0 Å². The van der Waals surface area contributed by atoms with Gasteiger partial charge in [-0.15, -0.1) is 0 Å².